The van der Waals surface area contributed by atoms with Crippen LogP contribution in [0.4, 0.5) is 0 Å². The first kappa shape index (κ1) is 10.1. The monoisotopic (exact) mass is 223 g/mol. The number of nitrogens with zero attached hydrogens (tertiary/aromatic N) is 3. The lowest BCUT2D eigenvalue weighted by atomic mass is 10.1. The molecule has 1 aliphatic carbocycles. The minimum absolute atomic E-state index is 0.677. The number of benzene rings is 1. The van der Waals surface area contributed by atoms with Gasteiger partial charge in [-0.05, 0) is 49.6 Å². The summed E-state index contributed by atoms with van der Waals surface area (Å²) in [6.07, 6.45) is 4.53. The fraction of sp³-hybridized carbons (Fsp3) is 0.286. The van der Waals surface area contributed by atoms with Crippen LogP contribution in [-0.2, 0) is 0 Å². The second kappa shape index (κ2) is 3.74. The van der Waals surface area contributed by atoms with Gasteiger partial charge >= 0.3 is 0 Å². The Morgan fingerprint density at radius 2 is 2.18 bits per heavy atom. The molecular formula is C14H13N3. The number of rotatable bonds is 2. The summed E-state index contributed by atoms with van der Waals surface area (Å²) in [5.41, 5.74) is 3.93. The molecule has 0 aliphatic heterocycles. The molecule has 3 rings (SSSR count). The Morgan fingerprint density at radius 1 is 1.35 bits per heavy atom. The van der Waals surface area contributed by atoms with E-state index in [9.17, 15) is 0 Å². The van der Waals surface area contributed by atoms with Gasteiger partial charge < -0.3 is 0 Å². The summed E-state index contributed by atoms with van der Waals surface area (Å²) in [6.45, 7) is 1.95. The molecule has 0 spiro atoms. The summed E-state index contributed by atoms with van der Waals surface area (Å²) in [5, 5.41) is 13.5. The third kappa shape index (κ3) is 1.83. The van der Waals surface area contributed by atoms with Gasteiger partial charge in [0.05, 0.1) is 23.0 Å². The van der Waals surface area contributed by atoms with Crippen molar-refractivity contribution in [3.63, 3.8) is 0 Å². The van der Waals surface area contributed by atoms with E-state index in [0.29, 0.717) is 5.92 Å². The lowest BCUT2D eigenvalue weighted by molar-refractivity contribution is 0.836. The van der Waals surface area contributed by atoms with E-state index >= 15 is 0 Å². The summed E-state index contributed by atoms with van der Waals surface area (Å²) < 4.78 is 1.89. The first-order chi connectivity index (χ1) is 8.28. The van der Waals surface area contributed by atoms with Crippen LogP contribution < -0.4 is 0 Å². The predicted octanol–water partition coefficient (Wildman–Crippen LogP) is 2.93. The zero-order valence-corrected chi connectivity index (χ0v) is 9.72. The molecule has 2 aromatic rings. The average Bonchev–Trinajstić information content (AvgIpc) is 3.07. The topological polar surface area (TPSA) is 41.6 Å². The van der Waals surface area contributed by atoms with E-state index in [-0.39, 0.29) is 0 Å². The first-order valence-electron chi connectivity index (χ1n) is 5.84. The van der Waals surface area contributed by atoms with E-state index in [0.717, 1.165) is 16.8 Å². The molecule has 1 saturated carbocycles. The molecule has 0 amide bonds. The Hall–Kier alpha value is -2.08. The van der Waals surface area contributed by atoms with Crippen LogP contribution in [0.15, 0.2) is 30.5 Å². The molecule has 0 atom stereocenters. The molecule has 1 aromatic carbocycles. The SMILES string of the molecule is Cc1cc(-n2ccc(C3CC3)n2)ccc1C#N. The fourth-order valence-corrected chi connectivity index (χ4v) is 1.99. The van der Waals surface area contributed by atoms with E-state index in [1.54, 1.807) is 0 Å². The van der Waals surface area contributed by atoms with Crippen molar-refractivity contribution >= 4 is 0 Å². The second-order valence-corrected chi connectivity index (χ2v) is 4.57. The van der Waals surface area contributed by atoms with Crippen LogP contribution in [0.1, 0.15) is 35.6 Å². The van der Waals surface area contributed by atoms with Crippen molar-refractivity contribution < 1.29 is 0 Å². The summed E-state index contributed by atoms with van der Waals surface area (Å²) in [6, 6.07) is 10.1. The largest absolute Gasteiger partial charge is 0.241 e. The van der Waals surface area contributed by atoms with Crippen molar-refractivity contribution in [2.75, 3.05) is 0 Å². The van der Waals surface area contributed by atoms with Gasteiger partial charge in [0.1, 0.15) is 0 Å². The Bertz CT molecular complexity index is 600. The Kier molecular flexibility index (Phi) is 2.22. The molecular weight excluding hydrogens is 210 g/mol. The van der Waals surface area contributed by atoms with Gasteiger partial charge in [0.25, 0.3) is 0 Å². The molecule has 0 saturated heterocycles. The summed E-state index contributed by atoms with van der Waals surface area (Å²) in [7, 11) is 0. The van der Waals surface area contributed by atoms with Crippen molar-refractivity contribution in [1.82, 2.24) is 9.78 Å². The lowest BCUT2D eigenvalue weighted by Crippen LogP contribution is -1.97. The molecule has 1 aromatic heterocycles. The number of hydrogen-bond donors (Lipinski definition) is 0. The first-order valence-corrected chi connectivity index (χ1v) is 5.84. The van der Waals surface area contributed by atoms with Crippen LogP contribution in [0.2, 0.25) is 0 Å². The highest BCUT2D eigenvalue weighted by molar-refractivity contribution is 5.45. The summed E-state index contributed by atoms with van der Waals surface area (Å²) in [5.74, 6) is 0.677. The molecule has 3 heteroatoms. The summed E-state index contributed by atoms with van der Waals surface area (Å²) >= 11 is 0. The Morgan fingerprint density at radius 3 is 2.82 bits per heavy atom. The highest BCUT2D eigenvalue weighted by Crippen LogP contribution is 2.39. The van der Waals surface area contributed by atoms with Gasteiger partial charge in [-0.1, -0.05) is 0 Å². The standard InChI is InChI=1S/C14H13N3/c1-10-8-13(5-4-12(10)9-15)17-7-6-14(16-17)11-2-3-11/h4-8,11H,2-3H2,1H3. The minimum Gasteiger partial charge on any atom is -0.241 e. The van der Waals surface area contributed by atoms with Crippen LogP contribution in [0, 0.1) is 18.3 Å². The molecule has 84 valence electrons. The average molecular weight is 223 g/mol. The van der Waals surface area contributed by atoms with Gasteiger partial charge in [-0.3, -0.25) is 0 Å². The smallest absolute Gasteiger partial charge is 0.0994 e. The number of aromatic nitrogens is 2. The van der Waals surface area contributed by atoms with E-state index < -0.39 is 0 Å². The third-order valence-corrected chi connectivity index (χ3v) is 3.20. The molecule has 1 heterocycles. The molecule has 0 N–H and O–H groups in total. The van der Waals surface area contributed by atoms with Crippen molar-refractivity contribution in [3.05, 3.63) is 47.3 Å². The number of aryl methyl sites for hydroxylation is 1. The van der Waals surface area contributed by atoms with Gasteiger partial charge in [0, 0.05) is 12.1 Å². The minimum atomic E-state index is 0.677. The molecule has 1 fully saturated rings. The van der Waals surface area contributed by atoms with Crippen molar-refractivity contribution in [2.24, 2.45) is 0 Å². The van der Waals surface area contributed by atoms with E-state index in [1.165, 1.54) is 18.5 Å². The van der Waals surface area contributed by atoms with Gasteiger partial charge in [-0.15, -0.1) is 0 Å². The zero-order valence-electron chi connectivity index (χ0n) is 9.72. The maximum atomic E-state index is 8.89. The van der Waals surface area contributed by atoms with Gasteiger partial charge in [0.2, 0.25) is 0 Å². The maximum absolute atomic E-state index is 8.89. The molecule has 0 unspecified atom stereocenters. The number of hydrogen-bond acceptors (Lipinski definition) is 2. The molecule has 0 radical (unpaired) electrons. The van der Waals surface area contributed by atoms with Gasteiger partial charge in [-0.25, -0.2) is 4.68 Å². The maximum Gasteiger partial charge on any atom is 0.0994 e. The Labute approximate surface area is 100 Å². The molecule has 1 aliphatic rings. The van der Waals surface area contributed by atoms with E-state index in [2.05, 4.69) is 17.2 Å². The second-order valence-electron chi connectivity index (χ2n) is 4.57. The van der Waals surface area contributed by atoms with Crippen LogP contribution in [0.3, 0.4) is 0 Å². The normalized spacial score (nSPS) is 14.6. The molecule has 17 heavy (non-hydrogen) atoms. The van der Waals surface area contributed by atoms with Crippen LogP contribution in [-0.4, -0.2) is 9.78 Å². The van der Waals surface area contributed by atoms with Crippen LogP contribution in [0.5, 0.6) is 0 Å². The van der Waals surface area contributed by atoms with Crippen LogP contribution >= 0.6 is 0 Å². The predicted molar refractivity (Wildman–Crippen MR) is 65.0 cm³/mol. The van der Waals surface area contributed by atoms with E-state index in [4.69, 9.17) is 5.26 Å². The summed E-state index contributed by atoms with van der Waals surface area (Å²) in [4.78, 5) is 0. The number of nitriles is 1. The highest BCUT2D eigenvalue weighted by atomic mass is 15.3. The highest BCUT2D eigenvalue weighted by Gasteiger charge is 2.25. The van der Waals surface area contributed by atoms with Crippen molar-refractivity contribution in [1.29, 1.82) is 5.26 Å². The van der Waals surface area contributed by atoms with E-state index in [1.807, 2.05) is 36.0 Å². The zero-order chi connectivity index (χ0) is 11.8. The van der Waals surface area contributed by atoms with Gasteiger partial charge in [0.15, 0.2) is 0 Å². The lowest BCUT2D eigenvalue weighted by Gasteiger charge is -2.03. The van der Waals surface area contributed by atoms with Gasteiger partial charge in [-0.2, -0.15) is 10.4 Å². The van der Waals surface area contributed by atoms with Crippen LogP contribution in [0.25, 0.3) is 5.69 Å². The van der Waals surface area contributed by atoms with Crippen molar-refractivity contribution in [3.8, 4) is 11.8 Å². The molecule has 3 nitrogen and oxygen atoms in total. The molecule has 0 bridgehead atoms. The quantitative estimate of drug-likeness (QED) is 0.785. The Balaban J connectivity index is 1.97. The van der Waals surface area contributed by atoms with Crippen molar-refractivity contribution in [2.45, 2.75) is 25.7 Å². The third-order valence-electron chi connectivity index (χ3n) is 3.20. The fourth-order valence-electron chi connectivity index (χ4n) is 1.99.